The van der Waals surface area contributed by atoms with E-state index in [0.717, 1.165) is 17.0 Å². The Bertz CT molecular complexity index is 1070. The molecule has 150 valence electrons. The summed E-state index contributed by atoms with van der Waals surface area (Å²) in [7, 11) is -5.83. The van der Waals surface area contributed by atoms with E-state index in [4.69, 9.17) is 4.74 Å². The minimum absolute atomic E-state index is 0.129. The third kappa shape index (κ3) is 3.21. The summed E-state index contributed by atoms with van der Waals surface area (Å²) in [4.78, 5) is 9.95. The molecule has 0 radical (unpaired) electrons. The van der Waals surface area contributed by atoms with Crippen LogP contribution in [0, 0.1) is 21.7 Å². The lowest BCUT2D eigenvalue weighted by Gasteiger charge is -2.31. The number of hydrogen-bond donors (Lipinski definition) is 0. The van der Waals surface area contributed by atoms with Gasteiger partial charge in [0.25, 0.3) is 15.5 Å². The number of ether oxygens (including phenoxy) is 1. The van der Waals surface area contributed by atoms with E-state index in [1.54, 1.807) is 0 Å². The standard InChI is InChI=1S/C15H9F5N2O5S/c16-8-5-10(17)14-13(6-8)27-4-3-21(14)11-2-1-9(7-12(11)22(23)24)28(25,26)15(18,19)20/h1-2,5-7H,3-4H2. The SMILES string of the molecule is O=[N+]([O-])c1cc(S(=O)(=O)C(F)(F)F)ccc1N1CCOc2cc(F)cc(F)c21. The van der Waals surface area contributed by atoms with Crippen molar-refractivity contribution in [1.82, 2.24) is 0 Å². The van der Waals surface area contributed by atoms with Crippen LogP contribution in [0.25, 0.3) is 0 Å². The van der Waals surface area contributed by atoms with Gasteiger partial charge in [-0.1, -0.05) is 0 Å². The van der Waals surface area contributed by atoms with Crippen molar-refractivity contribution in [3.05, 3.63) is 52.1 Å². The second-order valence-electron chi connectivity index (χ2n) is 5.59. The molecule has 13 heteroatoms. The van der Waals surface area contributed by atoms with E-state index < -0.39 is 42.5 Å². The fourth-order valence-corrected chi connectivity index (χ4v) is 3.47. The van der Waals surface area contributed by atoms with Gasteiger partial charge in [0.1, 0.15) is 29.5 Å². The van der Waals surface area contributed by atoms with Crippen molar-refractivity contribution in [2.24, 2.45) is 0 Å². The predicted molar refractivity (Wildman–Crippen MR) is 85.2 cm³/mol. The Balaban J connectivity index is 2.19. The number of benzene rings is 2. The van der Waals surface area contributed by atoms with E-state index in [-0.39, 0.29) is 36.3 Å². The van der Waals surface area contributed by atoms with Crippen LogP contribution in [-0.4, -0.2) is 32.0 Å². The largest absolute Gasteiger partial charge is 0.501 e. The highest BCUT2D eigenvalue weighted by molar-refractivity contribution is 7.92. The Kier molecular flexibility index (Phi) is 4.65. The number of nitrogens with zero attached hydrogens (tertiary/aromatic N) is 2. The average Bonchev–Trinajstić information content (AvgIpc) is 2.59. The molecule has 0 N–H and O–H groups in total. The first-order valence-electron chi connectivity index (χ1n) is 7.42. The summed E-state index contributed by atoms with van der Waals surface area (Å²) in [5, 5.41) is 11.4. The fraction of sp³-hybridized carbons (Fsp3) is 0.200. The number of nitro groups is 1. The predicted octanol–water partition coefficient (Wildman–Crippen LogP) is 3.70. The number of hydrogen-bond acceptors (Lipinski definition) is 6. The van der Waals surface area contributed by atoms with Crippen molar-refractivity contribution in [3.63, 3.8) is 0 Å². The Labute approximate surface area is 154 Å². The number of rotatable bonds is 3. The molecule has 0 aromatic heterocycles. The molecular weight excluding hydrogens is 415 g/mol. The molecule has 2 aromatic rings. The molecule has 0 saturated carbocycles. The van der Waals surface area contributed by atoms with Crippen molar-refractivity contribution in [2.45, 2.75) is 10.4 Å². The summed E-state index contributed by atoms with van der Waals surface area (Å²) < 4.78 is 94.0. The van der Waals surface area contributed by atoms with Gasteiger partial charge >= 0.3 is 5.51 Å². The van der Waals surface area contributed by atoms with Gasteiger partial charge < -0.3 is 9.64 Å². The van der Waals surface area contributed by atoms with Crippen LogP contribution in [0.1, 0.15) is 0 Å². The molecule has 0 atom stereocenters. The first-order chi connectivity index (χ1) is 12.9. The van der Waals surface area contributed by atoms with Crippen LogP contribution in [0.15, 0.2) is 35.2 Å². The minimum atomic E-state index is -5.83. The maximum absolute atomic E-state index is 14.2. The highest BCUT2D eigenvalue weighted by Crippen LogP contribution is 2.44. The number of nitro benzene ring substituents is 1. The van der Waals surface area contributed by atoms with Crippen LogP contribution < -0.4 is 9.64 Å². The maximum atomic E-state index is 14.2. The minimum Gasteiger partial charge on any atom is -0.489 e. The maximum Gasteiger partial charge on any atom is 0.501 e. The molecule has 28 heavy (non-hydrogen) atoms. The van der Waals surface area contributed by atoms with Gasteiger partial charge in [-0.25, -0.2) is 17.2 Å². The number of anilines is 2. The van der Waals surface area contributed by atoms with Crippen molar-refractivity contribution in [1.29, 1.82) is 0 Å². The highest BCUT2D eigenvalue weighted by Gasteiger charge is 2.47. The monoisotopic (exact) mass is 424 g/mol. The second kappa shape index (κ2) is 6.58. The summed E-state index contributed by atoms with van der Waals surface area (Å²) >= 11 is 0. The number of alkyl halides is 3. The Morgan fingerprint density at radius 2 is 1.82 bits per heavy atom. The Hall–Kier alpha value is -2.96. The molecule has 0 unspecified atom stereocenters. The Morgan fingerprint density at radius 1 is 1.14 bits per heavy atom. The van der Waals surface area contributed by atoms with E-state index in [1.165, 1.54) is 0 Å². The average molecular weight is 424 g/mol. The van der Waals surface area contributed by atoms with Gasteiger partial charge in [-0.15, -0.1) is 0 Å². The van der Waals surface area contributed by atoms with E-state index >= 15 is 0 Å². The van der Waals surface area contributed by atoms with Gasteiger partial charge in [-0.3, -0.25) is 10.1 Å². The van der Waals surface area contributed by atoms with Crippen LogP contribution in [0.5, 0.6) is 5.75 Å². The van der Waals surface area contributed by atoms with E-state index in [1.807, 2.05) is 0 Å². The molecule has 0 spiro atoms. The van der Waals surface area contributed by atoms with Gasteiger partial charge in [0, 0.05) is 18.2 Å². The molecule has 7 nitrogen and oxygen atoms in total. The van der Waals surface area contributed by atoms with Crippen molar-refractivity contribution >= 4 is 26.9 Å². The molecule has 1 aliphatic rings. The van der Waals surface area contributed by atoms with Crippen LogP contribution >= 0.6 is 0 Å². The van der Waals surface area contributed by atoms with E-state index in [2.05, 4.69) is 0 Å². The summed E-state index contributed by atoms with van der Waals surface area (Å²) in [6, 6.07) is 2.89. The molecule has 1 heterocycles. The lowest BCUT2D eigenvalue weighted by molar-refractivity contribution is -0.384. The van der Waals surface area contributed by atoms with Gasteiger partial charge in [-0.05, 0) is 12.1 Å². The zero-order valence-corrected chi connectivity index (χ0v) is 14.4. The molecular formula is C15H9F5N2O5S. The summed E-state index contributed by atoms with van der Waals surface area (Å²) in [5.74, 6) is -2.33. The quantitative estimate of drug-likeness (QED) is 0.424. The lowest BCUT2D eigenvalue weighted by Crippen LogP contribution is -2.30. The van der Waals surface area contributed by atoms with Crippen LogP contribution in [-0.2, 0) is 9.84 Å². The van der Waals surface area contributed by atoms with Gasteiger partial charge in [0.15, 0.2) is 5.82 Å². The summed E-state index contributed by atoms with van der Waals surface area (Å²) in [5.41, 5.74) is -7.39. The molecule has 0 aliphatic carbocycles. The van der Waals surface area contributed by atoms with Crippen LogP contribution in [0.2, 0.25) is 0 Å². The molecule has 3 rings (SSSR count). The third-order valence-corrected chi connectivity index (χ3v) is 5.37. The van der Waals surface area contributed by atoms with Crippen molar-refractivity contribution in [3.8, 4) is 5.75 Å². The normalized spacial score (nSPS) is 14.4. The number of sulfone groups is 1. The topological polar surface area (TPSA) is 89.8 Å². The number of halogens is 5. The van der Waals surface area contributed by atoms with Gasteiger partial charge in [0.2, 0.25) is 0 Å². The van der Waals surface area contributed by atoms with Crippen LogP contribution in [0.4, 0.5) is 39.0 Å². The lowest BCUT2D eigenvalue weighted by atomic mass is 10.1. The zero-order chi connectivity index (χ0) is 20.9. The molecule has 0 amide bonds. The van der Waals surface area contributed by atoms with Crippen molar-refractivity contribution in [2.75, 3.05) is 18.1 Å². The first-order valence-corrected chi connectivity index (χ1v) is 8.91. The summed E-state index contributed by atoms with van der Waals surface area (Å²) in [6.45, 7) is -0.280. The van der Waals surface area contributed by atoms with Crippen molar-refractivity contribution < 1.29 is 40.0 Å². The van der Waals surface area contributed by atoms with Crippen LogP contribution in [0.3, 0.4) is 0 Å². The molecule has 0 fully saturated rings. The highest BCUT2D eigenvalue weighted by atomic mass is 32.2. The smallest absolute Gasteiger partial charge is 0.489 e. The zero-order valence-electron chi connectivity index (χ0n) is 13.5. The van der Waals surface area contributed by atoms with Gasteiger partial charge in [0.05, 0.1) is 16.4 Å². The molecule has 0 saturated heterocycles. The molecule has 2 aromatic carbocycles. The Morgan fingerprint density at radius 3 is 2.43 bits per heavy atom. The van der Waals surface area contributed by atoms with E-state index in [9.17, 15) is 40.5 Å². The first kappa shape index (κ1) is 19.8. The van der Waals surface area contributed by atoms with E-state index in [0.29, 0.717) is 12.1 Å². The molecule has 1 aliphatic heterocycles. The number of fused-ring (bicyclic) bond motifs is 1. The second-order valence-corrected chi connectivity index (χ2v) is 7.53. The van der Waals surface area contributed by atoms with Gasteiger partial charge in [-0.2, -0.15) is 13.2 Å². The molecule has 0 bridgehead atoms. The summed E-state index contributed by atoms with van der Waals surface area (Å²) in [6.07, 6.45) is 0. The third-order valence-electron chi connectivity index (χ3n) is 3.88. The fourth-order valence-electron chi connectivity index (χ4n) is 2.69.